The molecule has 16 heteroatoms. The molecule has 0 spiro atoms. The molecule has 4 aromatic rings. The third-order valence-corrected chi connectivity index (χ3v) is 14.8. The van der Waals surface area contributed by atoms with Gasteiger partial charge in [-0.1, -0.05) is 75.4 Å². The maximum Gasteiger partial charge on any atom is 0.471 e. The number of aliphatic hydroxyl groups excluding tert-OH is 1. The number of methoxy groups -OCH3 is 2. The van der Waals surface area contributed by atoms with Crippen molar-refractivity contribution < 1.29 is 46.4 Å². The SMILES string of the molecule is COc1ccc(C(OC[C@@]2(CNC(=O)C(F)(F)F)O[C@@H](n3ccc(=O)[nH]c3=O)[C@H](O[Si](C)(C)C(C)(C)C)[C@@H]2O)(c2ccccc2)c2ccc(OC)cc2)cc1. The fourth-order valence-electron chi connectivity index (χ4n) is 6.27. The smallest absolute Gasteiger partial charge is 0.471 e. The Morgan fingerprint density at radius 3 is 1.89 bits per heavy atom. The molecule has 1 saturated heterocycles. The largest absolute Gasteiger partial charge is 0.497 e. The van der Waals surface area contributed by atoms with E-state index in [9.17, 15) is 32.7 Å². The summed E-state index contributed by atoms with van der Waals surface area (Å²) in [5, 5.41) is 13.8. The summed E-state index contributed by atoms with van der Waals surface area (Å²) in [6.45, 7) is 8.03. The molecule has 5 rings (SSSR count). The average molecular weight is 786 g/mol. The molecule has 12 nitrogen and oxygen atoms in total. The molecule has 1 aliphatic rings. The van der Waals surface area contributed by atoms with Gasteiger partial charge in [0.05, 0.1) is 27.4 Å². The molecule has 1 aliphatic heterocycles. The van der Waals surface area contributed by atoms with Crippen molar-refractivity contribution in [3.8, 4) is 11.5 Å². The number of rotatable bonds is 13. The van der Waals surface area contributed by atoms with Crippen LogP contribution in [0.1, 0.15) is 43.7 Å². The third kappa shape index (κ3) is 8.43. The standard InChI is InChI=1S/C39H46F3N3O9Si/c1-36(2,3)55(6,7)54-31-32(47)37(23-43-34(48)39(40,41)42,53-33(31)45-22-21-30(46)44-35(45)49)24-52-38(25-11-9-8-10-12-25,26-13-17-28(50-4)18-14-26)27-15-19-29(51-5)20-16-27/h8-22,31-33,47H,23-24H2,1-7H3,(H,43,48)(H,44,46,49)/t31-,32+,33-,37-/m1/s1. The van der Waals surface area contributed by atoms with E-state index in [0.29, 0.717) is 28.2 Å². The van der Waals surface area contributed by atoms with Gasteiger partial charge in [-0.15, -0.1) is 0 Å². The van der Waals surface area contributed by atoms with E-state index in [1.165, 1.54) is 14.2 Å². The van der Waals surface area contributed by atoms with Gasteiger partial charge in [0.2, 0.25) is 0 Å². The van der Waals surface area contributed by atoms with E-state index in [-0.39, 0.29) is 0 Å². The second-order valence-corrected chi connectivity index (χ2v) is 19.6. The minimum atomic E-state index is -5.28. The molecule has 1 aromatic heterocycles. The Kier molecular flexibility index (Phi) is 11.9. The summed E-state index contributed by atoms with van der Waals surface area (Å²) in [4.78, 5) is 39.9. The number of halogens is 3. The van der Waals surface area contributed by atoms with Crippen LogP contribution in [0.2, 0.25) is 18.1 Å². The molecule has 3 N–H and O–H groups in total. The Hall–Kier alpha value is -4.74. The van der Waals surface area contributed by atoms with Crippen molar-refractivity contribution >= 4 is 14.2 Å². The fraction of sp³-hybridized carbons (Fsp3) is 0.410. The number of nitrogens with zero attached hydrogens (tertiary/aromatic N) is 1. The molecule has 4 atom stereocenters. The van der Waals surface area contributed by atoms with Crippen molar-refractivity contribution in [2.24, 2.45) is 0 Å². The summed E-state index contributed by atoms with van der Waals surface area (Å²) < 4.78 is 73.2. The van der Waals surface area contributed by atoms with Crippen molar-refractivity contribution in [3.63, 3.8) is 0 Å². The van der Waals surface area contributed by atoms with Crippen molar-refractivity contribution in [1.82, 2.24) is 14.9 Å². The number of aromatic amines is 1. The summed E-state index contributed by atoms with van der Waals surface area (Å²) in [5.74, 6) is -1.20. The van der Waals surface area contributed by atoms with Gasteiger partial charge in [0.1, 0.15) is 34.9 Å². The van der Waals surface area contributed by atoms with Gasteiger partial charge in [0, 0.05) is 12.3 Å². The summed E-state index contributed by atoms with van der Waals surface area (Å²) >= 11 is 0. The zero-order chi connectivity index (χ0) is 40.4. The number of aliphatic hydroxyl groups is 1. The van der Waals surface area contributed by atoms with Crippen molar-refractivity contribution in [3.05, 3.63) is 129 Å². The highest BCUT2D eigenvalue weighted by molar-refractivity contribution is 6.74. The van der Waals surface area contributed by atoms with Crippen LogP contribution in [0.25, 0.3) is 0 Å². The van der Waals surface area contributed by atoms with E-state index < -0.39 is 79.5 Å². The molecule has 0 saturated carbocycles. The predicted octanol–water partition coefficient (Wildman–Crippen LogP) is 5.26. The topological polar surface area (TPSA) is 150 Å². The first-order chi connectivity index (χ1) is 25.8. The van der Waals surface area contributed by atoms with Crippen LogP contribution >= 0.6 is 0 Å². The highest BCUT2D eigenvalue weighted by atomic mass is 28.4. The van der Waals surface area contributed by atoms with E-state index in [2.05, 4.69) is 4.98 Å². The maximum absolute atomic E-state index is 13.7. The lowest BCUT2D eigenvalue weighted by Gasteiger charge is -2.42. The van der Waals surface area contributed by atoms with E-state index in [1.54, 1.807) is 60.7 Å². The molecule has 1 fully saturated rings. The number of benzene rings is 3. The molecular weight excluding hydrogens is 740 g/mol. The van der Waals surface area contributed by atoms with Crippen molar-refractivity contribution in [2.45, 2.75) is 74.7 Å². The fourth-order valence-corrected chi connectivity index (χ4v) is 7.55. The Bertz CT molecular complexity index is 2000. The number of H-pyrrole nitrogens is 1. The first kappa shape index (κ1) is 41.4. The van der Waals surface area contributed by atoms with Crippen molar-refractivity contribution in [1.29, 1.82) is 0 Å². The monoisotopic (exact) mass is 785 g/mol. The normalized spacial score (nSPS) is 20.6. The highest BCUT2D eigenvalue weighted by Crippen LogP contribution is 2.47. The van der Waals surface area contributed by atoms with Crippen molar-refractivity contribution in [2.75, 3.05) is 27.4 Å². The van der Waals surface area contributed by atoms with Crippen LogP contribution < -0.4 is 26.0 Å². The van der Waals surface area contributed by atoms with E-state index in [4.69, 9.17) is 23.4 Å². The highest BCUT2D eigenvalue weighted by Gasteiger charge is 2.60. The van der Waals surface area contributed by atoms with Crippen LogP contribution in [0.4, 0.5) is 13.2 Å². The average Bonchev–Trinajstić information content (AvgIpc) is 3.40. The van der Waals surface area contributed by atoms with Gasteiger partial charge < -0.3 is 33.8 Å². The van der Waals surface area contributed by atoms with Gasteiger partial charge in [0.25, 0.3) is 5.56 Å². The number of alkyl halides is 3. The van der Waals surface area contributed by atoms with E-state index >= 15 is 0 Å². The number of hydrogen-bond acceptors (Lipinski definition) is 9. The van der Waals surface area contributed by atoms with Gasteiger partial charge in [-0.25, -0.2) is 4.79 Å². The first-order valence-corrected chi connectivity index (χ1v) is 20.4. The van der Waals surface area contributed by atoms with Gasteiger partial charge in [-0.05, 0) is 59.1 Å². The molecule has 55 heavy (non-hydrogen) atoms. The Balaban J connectivity index is 1.73. The van der Waals surface area contributed by atoms with Crippen LogP contribution in [-0.4, -0.2) is 80.2 Å². The lowest BCUT2D eigenvalue weighted by Crippen LogP contribution is -2.58. The molecular formula is C39H46F3N3O9Si. The molecule has 0 unspecified atom stereocenters. The number of amides is 1. The quantitative estimate of drug-likeness (QED) is 0.122. The zero-order valence-electron chi connectivity index (χ0n) is 31.6. The van der Waals surface area contributed by atoms with E-state index in [0.717, 1.165) is 16.8 Å². The Labute approximate surface area is 317 Å². The number of ether oxygens (including phenoxy) is 4. The number of carbonyl (C=O) groups is 1. The van der Waals surface area contributed by atoms with Crippen LogP contribution in [0.5, 0.6) is 11.5 Å². The summed E-state index contributed by atoms with van der Waals surface area (Å²) in [6, 6.07) is 24.1. The minimum Gasteiger partial charge on any atom is -0.497 e. The van der Waals surface area contributed by atoms with Gasteiger partial charge in [-0.3, -0.25) is 19.1 Å². The summed E-state index contributed by atoms with van der Waals surface area (Å²) in [7, 11) is 0.188. The van der Waals surface area contributed by atoms with Crippen LogP contribution in [0.3, 0.4) is 0 Å². The first-order valence-electron chi connectivity index (χ1n) is 17.5. The second kappa shape index (κ2) is 15.8. The van der Waals surface area contributed by atoms with Crippen LogP contribution in [0.15, 0.2) is 101 Å². The minimum absolute atomic E-state index is 0.440. The molecule has 0 radical (unpaired) electrons. The number of nitrogens with one attached hydrogen (secondary N) is 2. The van der Waals surface area contributed by atoms with Gasteiger partial charge in [-0.2, -0.15) is 13.2 Å². The molecule has 296 valence electrons. The molecule has 3 aromatic carbocycles. The van der Waals surface area contributed by atoms with Gasteiger partial charge in [0.15, 0.2) is 14.5 Å². The number of aromatic nitrogens is 2. The second-order valence-electron chi connectivity index (χ2n) is 14.9. The summed E-state index contributed by atoms with van der Waals surface area (Å²) in [5.41, 5.74) is -3.63. The molecule has 0 aliphatic carbocycles. The lowest BCUT2D eigenvalue weighted by atomic mass is 9.79. The van der Waals surface area contributed by atoms with Crippen LogP contribution in [0, 0.1) is 0 Å². The lowest BCUT2D eigenvalue weighted by molar-refractivity contribution is -0.181. The zero-order valence-corrected chi connectivity index (χ0v) is 32.6. The predicted molar refractivity (Wildman–Crippen MR) is 200 cm³/mol. The molecule has 0 bridgehead atoms. The Morgan fingerprint density at radius 2 is 1.42 bits per heavy atom. The third-order valence-electron chi connectivity index (χ3n) is 10.4. The van der Waals surface area contributed by atoms with E-state index in [1.807, 2.05) is 57.4 Å². The maximum atomic E-state index is 13.7. The molecule has 2 heterocycles. The van der Waals surface area contributed by atoms with Crippen LogP contribution in [-0.2, 0) is 24.3 Å². The summed E-state index contributed by atoms with van der Waals surface area (Å²) in [6.07, 6.45) is -8.82. The number of carbonyl (C=O) groups excluding carboxylic acids is 1. The Morgan fingerprint density at radius 1 is 0.891 bits per heavy atom. The number of hydrogen-bond donors (Lipinski definition) is 3. The van der Waals surface area contributed by atoms with Gasteiger partial charge >= 0.3 is 17.8 Å². The molecule has 1 amide bonds.